The van der Waals surface area contributed by atoms with Gasteiger partial charge in [0.15, 0.2) is 0 Å². The maximum absolute atomic E-state index is 12.4. The normalized spacial score (nSPS) is 20.0. The molecule has 0 spiro atoms. The standard InChI is InChI=1S/C18H23F3N2O2/c19-18(20,21)25-16-7-3-4-14(12-16)13-17(24)23-10-8-22(9-11-23)15-5-1-2-6-15/h3-4,7,12,15H,1-2,5-6,8-11,13H2. The number of alkyl halides is 3. The lowest BCUT2D eigenvalue weighted by Gasteiger charge is -2.38. The molecule has 25 heavy (non-hydrogen) atoms. The molecule has 138 valence electrons. The Bertz CT molecular complexity index is 592. The van der Waals surface area contributed by atoms with Crippen molar-refractivity contribution in [1.82, 2.24) is 9.80 Å². The third kappa shape index (κ3) is 5.11. The van der Waals surface area contributed by atoms with Crippen molar-refractivity contribution >= 4 is 5.91 Å². The van der Waals surface area contributed by atoms with Gasteiger partial charge in [-0.1, -0.05) is 25.0 Å². The second-order valence-corrected chi connectivity index (χ2v) is 6.73. The molecule has 2 fully saturated rings. The second-order valence-electron chi connectivity index (χ2n) is 6.73. The van der Waals surface area contributed by atoms with Gasteiger partial charge in [0.1, 0.15) is 5.75 Å². The van der Waals surface area contributed by atoms with Crippen LogP contribution in [-0.4, -0.2) is 54.3 Å². The van der Waals surface area contributed by atoms with Gasteiger partial charge >= 0.3 is 6.36 Å². The van der Waals surface area contributed by atoms with Gasteiger partial charge < -0.3 is 9.64 Å². The first kappa shape index (κ1) is 18.0. The highest BCUT2D eigenvalue weighted by Gasteiger charge is 2.31. The monoisotopic (exact) mass is 356 g/mol. The lowest BCUT2D eigenvalue weighted by Crippen LogP contribution is -2.51. The number of piperazine rings is 1. The van der Waals surface area contributed by atoms with E-state index in [2.05, 4.69) is 9.64 Å². The quantitative estimate of drug-likeness (QED) is 0.831. The summed E-state index contributed by atoms with van der Waals surface area (Å²) in [5.41, 5.74) is 0.532. The molecule has 1 aromatic rings. The van der Waals surface area contributed by atoms with E-state index in [4.69, 9.17) is 0 Å². The topological polar surface area (TPSA) is 32.8 Å². The molecule has 0 unspecified atom stereocenters. The number of halogens is 3. The van der Waals surface area contributed by atoms with Crippen LogP contribution in [-0.2, 0) is 11.2 Å². The fourth-order valence-electron chi connectivity index (χ4n) is 3.74. The Morgan fingerprint density at radius 1 is 1.12 bits per heavy atom. The van der Waals surface area contributed by atoms with Gasteiger partial charge in [-0.2, -0.15) is 0 Å². The lowest BCUT2D eigenvalue weighted by molar-refractivity contribution is -0.274. The Morgan fingerprint density at radius 2 is 1.80 bits per heavy atom. The number of ether oxygens (including phenoxy) is 1. The van der Waals surface area contributed by atoms with Gasteiger partial charge in [0, 0.05) is 32.2 Å². The minimum absolute atomic E-state index is 0.0461. The Balaban J connectivity index is 1.52. The van der Waals surface area contributed by atoms with Crippen molar-refractivity contribution in [2.75, 3.05) is 26.2 Å². The van der Waals surface area contributed by atoms with Crippen molar-refractivity contribution in [3.8, 4) is 5.75 Å². The van der Waals surface area contributed by atoms with Crippen molar-refractivity contribution in [1.29, 1.82) is 0 Å². The molecule has 1 saturated heterocycles. The van der Waals surface area contributed by atoms with Gasteiger partial charge in [-0.25, -0.2) is 0 Å². The Morgan fingerprint density at radius 3 is 2.44 bits per heavy atom. The van der Waals surface area contributed by atoms with E-state index in [9.17, 15) is 18.0 Å². The predicted octanol–water partition coefficient (Wildman–Crippen LogP) is 3.21. The number of carbonyl (C=O) groups is 1. The first-order chi connectivity index (χ1) is 11.9. The SMILES string of the molecule is O=C(Cc1cccc(OC(F)(F)F)c1)N1CCN(C2CCCC2)CC1. The third-order valence-electron chi connectivity index (χ3n) is 5.00. The van der Waals surface area contributed by atoms with Crippen molar-refractivity contribution in [2.24, 2.45) is 0 Å². The van der Waals surface area contributed by atoms with E-state index >= 15 is 0 Å². The van der Waals surface area contributed by atoms with Crippen molar-refractivity contribution in [3.63, 3.8) is 0 Å². The van der Waals surface area contributed by atoms with Crippen molar-refractivity contribution in [2.45, 2.75) is 44.5 Å². The molecule has 0 bridgehead atoms. The summed E-state index contributed by atoms with van der Waals surface area (Å²) in [5, 5.41) is 0. The van der Waals surface area contributed by atoms with Gasteiger partial charge in [-0.15, -0.1) is 13.2 Å². The summed E-state index contributed by atoms with van der Waals surface area (Å²) in [4.78, 5) is 16.7. The van der Waals surface area contributed by atoms with Crippen LogP contribution in [0.4, 0.5) is 13.2 Å². The number of benzene rings is 1. The number of hydrogen-bond donors (Lipinski definition) is 0. The summed E-state index contributed by atoms with van der Waals surface area (Å²) in [6, 6.07) is 6.30. The number of nitrogens with zero attached hydrogens (tertiary/aromatic N) is 2. The van der Waals surface area contributed by atoms with Gasteiger partial charge in [-0.05, 0) is 30.5 Å². The van der Waals surface area contributed by atoms with Crippen LogP contribution in [0.5, 0.6) is 5.75 Å². The Labute approximate surface area is 145 Å². The molecule has 7 heteroatoms. The van der Waals surface area contributed by atoms with Gasteiger partial charge in [-0.3, -0.25) is 9.69 Å². The van der Waals surface area contributed by atoms with Crippen LogP contribution in [0.1, 0.15) is 31.2 Å². The summed E-state index contributed by atoms with van der Waals surface area (Å²) >= 11 is 0. The highest BCUT2D eigenvalue weighted by molar-refractivity contribution is 5.79. The zero-order valence-electron chi connectivity index (χ0n) is 14.1. The average Bonchev–Trinajstić information content (AvgIpc) is 3.08. The molecule has 1 aliphatic carbocycles. The van der Waals surface area contributed by atoms with Gasteiger partial charge in [0.2, 0.25) is 5.91 Å². The highest BCUT2D eigenvalue weighted by atomic mass is 19.4. The molecule has 0 radical (unpaired) electrons. The molecule has 1 heterocycles. The van der Waals surface area contributed by atoms with Gasteiger partial charge in [0.05, 0.1) is 6.42 Å². The molecule has 1 aliphatic heterocycles. The van der Waals surface area contributed by atoms with Gasteiger partial charge in [0.25, 0.3) is 0 Å². The molecular weight excluding hydrogens is 333 g/mol. The number of rotatable bonds is 4. The highest BCUT2D eigenvalue weighted by Crippen LogP contribution is 2.25. The minimum Gasteiger partial charge on any atom is -0.406 e. The van der Waals surface area contributed by atoms with Crippen LogP contribution in [0.15, 0.2) is 24.3 Å². The van der Waals surface area contributed by atoms with E-state index in [1.807, 2.05) is 4.90 Å². The number of hydrogen-bond acceptors (Lipinski definition) is 3. The molecule has 2 aliphatic rings. The van der Waals surface area contributed by atoms with E-state index in [0.29, 0.717) is 24.7 Å². The summed E-state index contributed by atoms with van der Waals surface area (Å²) in [6.07, 6.45) is 0.456. The van der Waals surface area contributed by atoms with E-state index in [1.54, 1.807) is 6.07 Å². The molecule has 0 aromatic heterocycles. The molecule has 0 atom stereocenters. The zero-order chi connectivity index (χ0) is 17.9. The maximum Gasteiger partial charge on any atom is 0.573 e. The minimum atomic E-state index is -4.72. The third-order valence-corrected chi connectivity index (χ3v) is 5.00. The first-order valence-corrected chi connectivity index (χ1v) is 8.77. The Hall–Kier alpha value is -1.76. The Kier molecular flexibility index (Phi) is 5.51. The fourth-order valence-corrected chi connectivity index (χ4v) is 3.74. The van der Waals surface area contributed by atoms with Crippen molar-refractivity contribution < 1.29 is 22.7 Å². The summed E-state index contributed by atoms with van der Waals surface area (Å²) in [6.45, 7) is 3.14. The second kappa shape index (κ2) is 7.64. The smallest absolute Gasteiger partial charge is 0.406 e. The van der Waals surface area contributed by atoms with Crippen molar-refractivity contribution in [3.05, 3.63) is 29.8 Å². The van der Waals surface area contributed by atoms with E-state index < -0.39 is 6.36 Å². The average molecular weight is 356 g/mol. The van der Waals surface area contributed by atoms with E-state index in [-0.39, 0.29) is 18.1 Å². The van der Waals surface area contributed by atoms with Crippen LogP contribution >= 0.6 is 0 Å². The van der Waals surface area contributed by atoms with Crippen LogP contribution in [0.25, 0.3) is 0 Å². The number of amides is 1. The summed E-state index contributed by atoms with van der Waals surface area (Å²) in [5.74, 6) is -0.334. The maximum atomic E-state index is 12.4. The van der Waals surface area contributed by atoms with E-state index in [0.717, 1.165) is 13.1 Å². The zero-order valence-corrected chi connectivity index (χ0v) is 14.1. The predicted molar refractivity (Wildman–Crippen MR) is 87.2 cm³/mol. The van der Waals surface area contributed by atoms with Crippen LogP contribution < -0.4 is 4.74 Å². The molecule has 4 nitrogen and oxygen atoms in total. The largest absolute Gasteiger partial charge is 0.573 e. The molecule has 1 aromatic carbocycles. The number of carbonyl (C=O) groups excluding carboxylic acids is 1. The molecule has 1 amide bonds. The van der Waals surface area contributed by atoms with Crippen LogP contribution in [0.2, 0.25) is 0 Å². The molecule has 3 rings (SSSR count). The summed E-state index contributed by atoms with van der Waals surface area (Å²) < 4.78 is 40.8. The fraction of sp³-hybridized carbons (Fsp3) is 0.611. The summed E-state index contributed by atoms with van der Waals surface area (Å²) in [7, 11) is 0. The van der Waals surface area contributed by atoms with Crippen LogP contribution in [0, 0.1) is 0 Å². The molecular formula is C18H23F3N2O2. The molecule has 1 saturated carbocycles. The van der Waals surface area contributed by atoms with Crippen LogP contribution in [0.3, 0.4) is 0 Å². The van der Waals surface area contributed by atoms with E-state index in [1.165, 1.54) is 43.9 Å². The molecule has 0 N–H and O–H groups in total. The lowest BCUT2D eigenvalue weighted by atomic mass is 10.1. The first-order valence-electron chi connectivity index (χ1n) is 8.77.